The molecule has 0 radical (unpaired) electrons. The van der Waals surface area contributed by atoms with Crippen molar-refractivity contribution >= 4 is 63.2 Å². The smallest absolute Gasteiger partial charge is 0.344 e. The highest BCUT2D eigenvalue weighted by Gasteiger charge is 2.33. The van der Waals surface area contributed by atoms with E-state index in [4.69, 9.17) is 19.2 Å². The highest BCUT2D eigenvalue weighted by atomic mass is 127. The quantitative estimate of drug-likeness (QED) is 0.127. The van der Waals surface area contributed by atoms with E-state index in [0.29, 0.717) is 41.1 Å². The summed E-state index contributed by atoms with van der Waals surface area (Å²) in [5.74, 6) is 0.419. The van der Waals surface area contributed by atoms with Crippen LogP contribution in [0, 0.1) is 10.5 Å². The lowest BCUT2D eigenvalue weighted by molar-refractivity contribution is -0.145. The van der Waals surface area contributed by atoms with Gasteiger partial charge in [0, 0.05) is 6.54 Å². The Morgan fingerprint density at radius 1 is 1.02 bits per heavy atom. The van der Waals surface area contributed by atoms with Crippen LogP contribution in [0.5, 0.6) is 11.5 Å². The maximum absolute atomic E-state index is 13.6. The van der Waals surface area contributed by atoms with Crippen LogP contribution in [0.4, 0.5) is 5.69 Å². The molecule has 0 bridgehead atoms. The van der Waals surface area contributed by atoms with Crippen LogP contribution in [0.1, 0.15) is 30.5 Å². The number of hydrogen-bond acceptors (Lipinski definition) is 7. The number of aryl methyl sites for hydroxylation is 1. The first-order valence-corrected chi connectivity index (χ1v) is 14.9. The number of aliphatic imine (C=N–C) groups is 1. The van der Waals surface area contributed by atoms with Crippen molar-refractivity contribution in [3.63, 3.8) is 0 Å². The van der Waals surface area contributed by atoms with E-state index in [0.717, 1.165) is 25.9 Å². The van der Waals surface area contributed by atoms with Crippen LogP contribution in [0.3, 0.4) is 0 Å². The molecular weight excluding hydrogens is 639 g/mol. The molecule has 40 heavy (non-hydrogen) atoms. The number of benzene rings is 3. The van der Waals surface area contributed by atoms with Gasteiger partial charge in [-0.3, -0.25) is 9.69 Å². The van der Waals surface area contributed by atoms with Gasteiger partial charge in [0.1, 0.15) is 0 Å². The summed E-state index contributed by atoms with van der Waals surface area (Å²) in [4.78, 5) is 32.6. The minimum atomic E-state index is -0.448. The Hall–Kier alpha value is -3.31. The molecule has 1 aliphatic heterocycles. The number of esters is 1. The van der Waals surface area contributed by atoms with E-state index in [-0.39, 0.29) is 19.1 Å². The van der Waals surface area contributed by atoms with Gasteiger partial charge in [0.25, 0.3) is 5.91 Å². The molecule has 3 aromatic carbocycles. The van der Waals surface area contributed by atoms with Crippen molar-refractivity contribution < 1.29 is 23.8 Å². The number of nitrogens with zero attached hydrogens (tertiary/aromatic N) is 2. The number of halogens is 1. The number of carbonyl (C=O) groups excluding carboxylic acids is 2. The molecule has 1 heterocycles. The predicted molar refractivity (Wildman–Crippen MR) is 168 cm³/mol. The SMILES string of the molecule is CCOC(=O)COc1c(I)cc(/C=C2/SC(=Nc3ccc(C)cc3)N(CCc3ccccc3)C2=O)cc1OCC. The molecule has 1 amide bonds. The van der Waals surface area contributed by atoms with Crippen molar-refractivity contribution in [1.29, 1.82) is 0 Å². The summed E-state index contributed by atoms with van der Waals surface area (Å²) in [5, 5.41) is 0.644. The van der Waals surface area contributed by atoms with Crippen LogP contribution in [0.15, 0.2) is 76.6 Å². The standard InChI is InChI=1S/C31H31IN2O5S/c1-4-37-26-18-23(17-25(32)29(26)39-20-28(35)38-5-2)19-27-30(36)34(16-15-22-9-7-6-8-10-22)31(40-27)33-24-13-11-21(3)12-14-24/h6-14,17-19H,4-5,15-16,20H2,1-3H3/b27-19+,33-31?. The Balaban J connectivity index is 1.63. The largest absolute Gasteiger partial charge is 0.490 e. The van der Waals surface area contributed by atoms with Crippen LogP contribution in [0.2, 0.25) is 0 Å². The van der Waals surface area contributed by atoms with Gasteiger partial charge in [-0.2, -0.15) is 0 Å². The van der Waals surface area contributed by atoms with Gasteiger partial charge in [-0.1, -0.05) is 48.0 Å². The number of rotatable bonds is 11. The van der Waals surface area contributed by atoms with E-state index in [1.807, 2.05) is 74.5 Å². The third kappa shape index (κ3) is 7.88. The number of ether oxygens (including phenoxy) is 3. The minimum Gasteiger partial charge on any atom is -0.490 e. The Morgan fingerprint density at radius 3 is 2.48 bits per heavy atom. The van der Waals surface area contributed by atoms with Crippen molar-refractivity contribution in [3.8, 4) is 11.5 Å². The number of amides is 1. The second-order valence-electron chi connectivity index (χ2n) is 8.89. The van der Waals surface area contributed by atoms with Crippen LogP contribution < -0.4 is 9.47 Å². The zero-order chi connectivity index (χ0) is 28.5. The molecule has 1 fully saturated rings. The third-order valence-corrected chi connectivity index (χ3v) is 7.69. The normalized spacial score (nSPS) is 15.1. The predicted octanol–water partition coefficient (Wildman–Crippen LogP) is 6.79. The maximum atomic E-state index is 13.6. The third-order valence-electron chi connectivity index (χ3n) is 5.88. The zero-order valence-corrected chi connectivity index (χ0v) is 25.7. The summed E-state index contributed by atoms with van der Waals surface area (Å²) in [6.07, 6.45) is 2.56. The van der Waals surface area contributed by atoms with Crippen LogP contribution in [-0.4, -0.2) is 48.3 Å². The molecule has 0 spiro atoms. The van der Waals surface area contributed by atoms with Gasteiger partial charge in [-0.15, -0.1) is 0 Å². The first kappa shape index (κ1) is 29.7. The molecule has 0 saturated carbocycles. The molecular formula is C31H31IN2O5S. The number of amidine groups is 1. The molecule has 9 heteroatoms. The highest BCUT2D eigenvalue weighted by molar-refractivity contribution is 14.1. The summed E-state index contributed by atoms with van der Waals surface area (Å²) in [6, 6.07) is 21.7. The summed E-state index contributed by atoms with van der Waals surface area (Å²) in [7, 11) is 0. The maximum Gasteiger partial charge on any atom is 0.344 e. The fraction of sp³-hybridized carbons (Fsp3) is 0.258. The Kier molecular flexibility index (Phi) is 10.7. The molecule has 0 aromatic heterocycles. The van der Waals surface area contributed by atoms with Crippen molar-refractivity contribution in [3.05, 3.63) is 91.9 Å². The second-order valence-corrected chi connectivity index (χ2v) is 11.1. The fourth-order valence-electron chi connectivity index (χ4n) is 3.96. The topological polar surface area (TPSA) is 77.4 Å². The van der Waals surface area contributed by atoms with Crippen LogP contribution in [-0.2, 0) is 20.7 Å². The molecule has 1 aliphatic rings. The van der Waals surface area contributed by atoms with Gasteiger partial charge in [0.15, 0.2) is 23.3 Å². The zero-order valence-electron chi connectivity index (χ0n) is 22.7. The molecule has 0 atom stereocenters. The van der Waals surface area contributed by atoms with Crippen LogP contribution >= 0.6 is 34.4 Å². The number of thioether (sulfide) groups is 1. The summed E-state index contributed by atoms with van der Waals surface area (Å²) in [5.41, 5.74) is 3.88. The minimum absolute atomic E-state index is 0.0950. The molecule has 1 saturated heterocycles. The number of hydrogen-bond donors (Lipinski definition) is 0. The molecule has 0 N–H and O–H groups in total. The lowest BCUT2D eigenvalue weighted by Gasteiger charge is -2.16. The van der Waals surface area contributed by atoms with E-state index < -0.39 is 5.97 Å². The first-order valence-electron chi connectivity index (χ1n) is 13.0. The monoisotopic (exact) mass is 670 g/mol. The highest BCUT2D eigenvalue weighted by Crippen LogP contribution is 2.38. The first-order chi connectivity index (χ1) is 19.4. The van der Waals surface area contributed by atoms with Gasteiger partial charge in [-0.25, -0.2) is 9.79 Å². The average molecular weight is 671 g/mol. The van der Waals surface area contributed by atoms with E-state index in [1.54, 1.807) is 11.8 Å². The lowest BCUT2D eigenvalue weighted by atomic mass is 10.1. The van der Waals surface area contributed by atoms with E-state index in [9.17, 15) is 9.59 Å². The molecule has 0 aliphatic carbocycles. The molecule has 208 valence electrons. The van der Waals surface area contributed by atoms with Crippen molar-refractivity contribution in [2.24, 2.45) is 4.99 Å². The molecule has 0 unspecified atom stereocenters. The van der Waals surface area contributed by atoms with Gasteiger partial charge >= 0.3 is 5.97 Å². The van der Waals surface area contributed by atoms with Crippen LogP contribution in [0.25, 0.3) is 6.08 Å². The Morgan fingerprint density at radius 2 is 1.77 bits per heavy atom. The lowest BCUT2D eigenvalue weighted by Crippen LogP contribution is -2.31. The summed E-state index contributed by atoms with van der Waals surface area (Å²) in [6.45, 7) is 6.66. The fourth-order valence-corrected chi connectivity index (χ4v) is 5.77. The second kappa shape index (κ2) is 14.4. The van der Waals surface area contributed by atoms with E-state index >= 15 is 0 Å². The van der Waals surface area contributed by atoms with Gasteiger partial charge in [-0.05, 0) is 103 Å². The van der Waals surface area contributed by atoms with Gasteiger partial charge in [0.05, 0.1) is 27.4 Å². The Bertz CT molecular complexity index is 1410. The Labute approximate surface area is 252 Å². The van der Waals surface area contributed by atoms with Crippen molar-refractivity contribution in [2.75, 3.05) is 26.4 Å². The van der Waals surface area contributed by atoms with Gasteiger partial charge in [0.2, 0.25) is 0 Å². The number of carbonyl (C=O) groups is 2. The van der Waals surface area contributed by atoms with Gasteiger partial charge < -0.3 is 14.2 Å². The van der Waals surface area contributed by atoms with Crippen molar-refractivity contribution in [1.82, 2.24) is 4.90 Å². The molecule has 4 rings (SSSR count). The molecule has 7 nitrogen and oxygen atoms in total. The average Bonchev–Trinajstić information content (AvgIpc) is 3.22. The summed E-state index contributed by atoms with van der Waals surface area (Å²) >= 11 is 3.50. The van der Waals surface area contributed by atoms with E-state index in [1.165, 1.54) is 11.8 Å². The molecule has 3 aromatic rings. The van der Waals surface area contributed by atoms with Crippen molar-refractivity contribution in [2.45, 2.75) is 27.2 Å². The van der Waals surface area contributed by atoms with E-state index in [2.05, 4.69) is 34.7 Å². The summed E-state index contributed by atoms with van der Waals surface area (Å²) < 4.78 is 17.3.